The van der Waals surface area contributed by atoms with Crippen LogP contribution < -0.4 is 4.90 Å². The molecule has 0 saturated heterocycles. The summed E-state index contributed by atoms with van der Waals surface area (Å²) < 4.78 is 1.74. The normalized spacial score (nSPS) is 10.1. The Hall–Kier alpha value is -1.84. The number of hydrogen-bond donors (Lipinski definition) is 0. The Kier molecular flexibility index (Phi) is 2.18. The molecule has 14 heavy (non-hydrogen) atoms. The summed E-state index contributed by atoms with van der Waals surface area (Å²) in [5.74, 6) is 0.834. The summed E-state index contributed by atoms with van der Waals surface area (Å²) in [7, 11) is 4.00. The van der Waals surface area contributed by atoms with E-state index >= 15 is 0 Å². The van der Waals surface area contributed by atoms with E-state index in [1.807, 2.05) is 43.4 Å². The topological polar surface area (TPSA) is 34.0 Å². The Bertz CT molecular complexity index is 406. The first-order chi connectivity index (χ1) is 6.77. The first-order valence-corrected chi connectivity index (χ1v) is 4.41. The van der Waals surface area contributed by atoms with Crippen LogP contribution in [-0.2, 0) is 0 Å². The van der Waals surface area contributed by atoms with E-state index in [9.17, 15) is 0 Å². The van der Waals surface area contributed by atoms with Gasteiger partial charge in [-0.3, -0.25) is 0 Å². The summed E-state index contributed by atoms with van der Waals surface area (Å²) in [6.45, 7) is 0. The quantitative estimate of drug-likeness (QED) is 0.713. The van der Waals surface area contributed by atoms with E-state index in [1.165, 1.54) is 0 Å². The molecule has 0 aromatic carbocycles. The van der Waals surface area contributed by atoms with Crippen LogP contribution in [0, 0.1) is 0 Å². The first kappa shape index (κ1) is 8.74. The maximum absolute atomic E-state index is 4.24. The molecule has 72 valence electrons. The Morgan fingerprint density at radius 1 is 1.29 bits per heavy atom. The maximum Gasteiger partial charge on any atom is 0.155 e. The summed E-state index contributed by atoms with van der Waals surface area (Å²) >= 11 is 0. The summed E-state index contributed by atoms with van der Waals surface area (Å²) in [5, 5.41) is 4.12. The average Bonchev–Trinajstić information content (AvgIpc) is 2.71. The molecule has 0 bridgehead atoms. The monoisotopic (exact) mass is 188 g/mol. The lowest BCUT2D eigenvalue weighted by Gasteiger charge is -2.12. The predicted octanol–water partition coefficient (Wildman–Crippen LogP) is 1.33. The highest BCUT2D eigenvalue weighted by Crippen LogP contribution is 2.13. The van der Waals surface area contributed by atoms with Crippen LogP contribution in [0.15, 0.2) is 36.8 Å². The van der Waals surface area contributed by atoms with Crippen molar-refractivity contribution in [2.24, 2.45) is 0 Å². The Morgan fingerprint density at radius 3 is 2.79 bits per heavy atom. The average molecular weight is 188 g/mol. The second-order valence-electron chi connectivity index (χ2n) is 3.22. The van der Waals surface area contributed by atoms with Crippen molar-refractivity contribution in [2.75, 3.05) is 19.0 Å². The van der Waals surface area contributed by atoms with Crippen molar-refractivity contribution in [1.82, 2.24) is 14.8 Å². The van der Waals surface area contributed by atoms with Gasteiger partial charge < -0.3 is 4.90 Å². The Labute approximate surface area is 82.8 Å². The van der Waals surface area contributed by atoms with Crippen LogP contribution >= 0.6 is 0 Å². The standard InChI is InChI=1S/C10H12N4/c1-13(2)9-4-6-11-10(8-9)14-7-3-5-12-14/h3-8H,1-2H3. The number of aromatic nitrogens is 3. The largest absolute Gasteiger partial charge is 0.378 e. The van der Waals surface area contributed by atoms with Crippen molar-refractivity contribution in [3.05, 3.63) is 36.8 Å². The highest BCUT2D eigenvalue weighted by molar-refractivity contribution is 5.48. The molecule has 0 aliphatic carbocycles. The van der Waals surface area contributed by atoms with Crippen LogP contribution in [0.4, 0.5) is 5.69 Å². The van der Waals surface area contributed by atoms with Crippen LogP contribution in [0.25, 0.3) is 5.82 Å². The molecule has 0 aliphatic heterocycles. The lowest BCUT2D eigenvalue weighted by molar-refractivity contribution is 0.845. The third-order valence-electron chi connectivity index (χ3n) is 1.98. The molecule has 0 N–H and O–H groups in total. The highest BCUT2D eigenvalue weighted by atomic mass is 15.3. The van der Waals surface area contributed by atoms with Crippen LogP contribution in [0.1, 0.15) is 0 Å². The molecule has 4 heteroatoms. The molecule has 0 atom stereocenters. The molecule has 2 aromatic heterocycles. The Morgan fingerprint density at radius 2 is 2.14 bits per heavy atom. The van der Waals surface area contributed by atoms with Gasteiger partial charge in [0.2, 0.25) is 0 Å². The van der Waals surface area contributed by atoms with Crippen LogP contribution in [-0.4, -0.2) is 28.9 Å². The van der Waals surface area contributed by atoms with Crippen molar-refractivity contribution in [3.8, 4) is 5.82 Å². The summed E-state index contributed by atoms with van der Waals surface area (Å²) in [6, 6.07) is 5.84. The van der Waals surface area contributed by atoms with Crippen molar-refractivity contribution >= 4 is 5.69 Å². The fraction of sp³-hybridized carbons (Fsp3) is 0.200. The zero-order chi connectivity index (χ0) is 9.97. The van der Waals surface area contributed by atoms with Gasteiger partial charge in [0.05, 0.1) is 0 Å². The minimum absolute atomic E-state index is 0.834. The number of anilines is 1. The van der Waals surface area contributed by atoms with Gasteiger partial charge in [-0.2, -0.15) is 5.10 Å². The van der Waals surface area contributed by atoms with E-state index in [2.05, 4.69) is 10.1 Å². The van der Waals surface area contributed by atoms with Gasteiger partial charge >= 0.3 is 0 Å². The van der Waals surface area contributed by atoms with E-state index in [0.717, 1.165) is 11.5 Å². The molecule has 4 nitrogen and oxygen atoms in total. The molecule has 2 aromatic rings. The van der Waals surface area contributed by atoms with Gasteiger partial charge in [-0.25, -0.2) is 9.67 Å². The molecule has 2 rings (SSSR count). The molecule has 0 saturated carbocycles. The maximum atomic E-state index is 4.24. The van der Waals surface area contributed by atoms with Gasteiger partial charge in [-0.05, 0) is 12.1 Å². The fourth-order valence-electron chi connectivity index (χ4n) is 1.22. The minimum Gasteiger partial charge on any atom is -0.378 e. The van der Waals surface area contributed by atoms with E-state index < -0.39 is 0 Å². The van der Waals surface area contributed by atoms with Crippen LogP contribution in [0.5, 0.6) is 0 Å². The molecule has 0 fully saturated rings. The molecule has 0 aliphatic rings. The van der Waals surface area contributed by atoms with Gasteiger partial charge in [0, 0.05) is 44.4 Å². The van der Waals surface area contributed by atoms with Crippen LogP contribution in [0.3, 0.4) is 0 Å². The lowest BCUT2D eigenvalue weighted by atomic mass is 10.3. The predicted molar refractivity (Wildman–Crippen MR) is 55.7 cm³/mol. The summed E-state index contributed by atoms with van der Waals surface area (Å²) in [4.78, 5) is 6.27. The van der Waals surface area contributed by atoms with E-state index in [4.69, 9.17) is 0 Å². The van der Waals surface area contributed by atoms with Gasteiger partial charge in [0.25, 0.3) is 0 Å². The van der Waals surface area contributed by atoms with Gasteiger partial charge in [0.15, 0.2) is 5.82 Å². The molecule has 0 spiro atoms. The molecular formula is C10H12N4. The van der Waals surface area contributed by atoms with Crippen molar-refractivity contribution in [2.45, 2.75) is 0 Å². The van der Waals surface area contributed by atoms with Crippen molar-refractivity contribution in [3.63, 3.8) is 0 Å². The third-order valence-corrected chi connectivity index (χ3v) is 1.98. The fourth-order valence-corrected chi connectivity index (χ4v) is 1.22. The summed E-state index contributed by atoms with van der Waals surface area (Å²) in [6.07, 6.45) is 5.40. The zero-order valence-corrected chi connectivity index (χ0v) is 8.25. The lowest BCUT2D eigenvalue weighted by Crippen LogP contribution is -2.09. The molecule has 0 radical (unpaired) electrons. The zero-order valence-electron chi connectivity index (χ0n) is 8.25. The Balaban J connectivity index is 2.41. The summed E-state index contributed by atoms with van der Waals surface area (Å²) in [5.41, 5.74) is 1.12. The van der Waals surface area contributed by atoms with E-state index in [0.29, 0.717) is 0 Å². The van der Waals surface area contributed by atoms with Gasteiger partial charge in [-0.1, -0.05) is 0 Å². The number of pyridine rings is 1. The first-order valence-electron chi connectivity index (χ1n) is 4.41. The van der Waals surface area contributed by atoms with E-state index in [1.54, 1.807) is 17.1 Å². The molecule has 0 amide bonds. The molecule has 0 unspecified atom stereocenters. The van der Waals surface area contributed by atoms with Gasteiger partial charge in [-0.15, -0.1) is 0 Å². The number of hydrogen-bond acceptors (Lipinski definition) is 3. The van der Waals surface area contributed by atoms with E-state index in [-0.39, 0.29) is 0 Å². The van der Waals surface area contributed by atoms with Gasteiger partial charge in [0.1, 0.15) is 0 Å². The second-order valence-corrected chi connectivity index (χ2v) is 3.22. The van der Waals surface area contributed by atoms with Crippen molar-refractivity contribution in [1.29, 1.82) is 0 Å². The SMILES string of the molecule is CN(C)c1ccnc(-n2cccn2)c1. The smallest absolute Gasteiger partial charge is 0.155 e. The molecule has 2 heterocycles. The number of nitrogens with zero attached hydrogens (tertiary/aromatic N) is 4. The highest BCUT2D eigenvalue weighted by Gasteiger charge is 2.00. The third kappa shape index (κ3) is 1.59. The minimum atomic E-state index is 0.834. The number of rotatable bonds is 2. The molecular weight excluding hydrogens is 176 g/mol. The van der Waals surface area contributed by atoms with Crippen molar-refractivity contribution < 1.29 is 0 Å². The van der Waals surface area contributed by atoms with Crippen LogP contribution in [0.2, 0.25) is 0 Å². The second kappa shape index (κ2) is 3.49.